The predicted octanol–water partition coefficient (Wildman–Crippen LogP) is 4.93. The van der Waals surface area contributed by atoms with Gasteiger partial charge in [-0.2, -0.15) is 0 Å². The molecule has 0 bridgehead atoms. The second-order valence-electron chi connectivity index (χ2n) is 4.54. The Morgan fingerprint density at radius 1 is 1.13 bits per heavy atom. The lowest BCUT2D eigenvalue weighted by molar-refractivity contribution is 0.104. The fourth-order valence-electron chi connectivity index (χ4n) is 1.90. The Morgan fingerprint density at radius 3 is 2.52 bits per heavy atom. The van der Waals surface area contributed by atoms with Gasteiger partial charge in [0.15, 0.2) is 17.3 Å². The Labute approximate surface area is 148 Å². The fraction of sp³-hybridized carbons (Fsp3) is 0.118. The molecule has 0 fully saturated rings. The quantitative estimate of drug-likeness (QED) is 0.555. The average Bonchev–Trinajstić information content (AvgIpc) is 2.56. The molecule has 0 saturated heterocycles. The number of rotatable bonds is 6. The highest BCUT2D eigenvalue weighted by atomic mass is 79.9. The van der Waals surface area contributed by atoms with E-state index in [1.807, 2.05) is 6.07 Å². The molecular weight excluding hydrogens is 382 g/mol. The lowest BCUT2D eigenvalue weighted by Crippen LogP contribution is -1.99. The molecule has 0 saturated carbocycles. The van der Waals surface area contributed by atoms with Gasteiger partial charge in [0.2, 0.25) is 0 Å². The molecule has 2 aromatic rings. The topological polar surface area (TPSA) is 47.6 Å². The molecule has 4 nitrogen and oxygen atoms in total. The zero-order valence-electron chi connectivity index (χ0n) is 12.6. The number of carbonyl (C=O) groups excluding carboxylic acids is 1. The van der Waals surface area contributed by atoms with Gasteiger partial charge < -0.3 is 14.8 Å². The van der Waals surface area contributed by atoms with Crippen molar-refractivity contribution < 1.29 is 14.3 Å². The summed E-state index contributed by atoms with van der Waals surface area (Å²) in [5.74, 6) is 0.944. The van der Waals surface area contributed by atoms with Gasteiger partial charge in [0, 0.05) is 27.3 Å². The van der Waals surface area contributed by atoms with E-state index in [0.29, 0.717) is 22.1 Å². The number of nitrogens with one attached hydrogen (secondary N) is 1. The summed E-state index contributed by atoms with van der Waals surface area (Å²) < 4.78 is 11.2. The van der Waals surface area contributed by atoms with Gasteiger partial charge in [0.05, 0.1) is 19.9 Å². The second kappa shape index (κ2) is 8.04. The molecule has 120 valence electrons. The molecule has 0 aliphatic carbocycles. The summed E-state index contributed by atoms with van der Waals surface area (Å²) >= 11 is 9.28. The first kappa shape index (κ1) is 17.4. The number of hydrogen-bond donors (Lipinski definition) is 1. The molecule has 0 aliphatic heterocycles. The van der Waals surface area contributed by atoms with Crippen molar-refractivity contribution in [1.29, 1.82) is 0 Å². The maximum atomic E-state index is 12.2. The number of methoxy groups -OCH3 is 2. The standard InChI is InChI=1S/C17H15BrClNO3/c1-22-16-6-3-11(9-17(16)23-2)15(21)7-8-20-14-5-4-12(19)10-13(14)18/h3-10,20H,1-2H3. The van der Waals surface area contributed by atoms with Crippen LogP contribution in [0.2, 0.25) is 5.02 Å². The van der Waals surface area contributed by atoms with Gasteiger partial charge in [-0.1, -0.05) is 11.6 Å². The van der Waals surface area contributed by atoms with Gasteiger partial charge in [-0.25, -0.2) is 0 Å². The monoisotopic (exact) mass is 395 g/mol. The van der Waals surface area contributed by atoms with Crippen LogP contribution in [0, 0.1) is 0 Å². The Morgan fingerprint density at radius 2 is 1.87 bits per heavy atom. The lowest BCUT2D eigenvalue weighted by Gasteiger charge is -2.08. The van der Waals surface area contributed by atoms with Crippen molar-refractivity contribution in [1.82, 2.24) is 0 Å². The average molecular weight is 397 g/mol. The minimum Gasteiger partial charge on any atom is -0.493 e. The molecule has 0 heterocycles. The molecule has 0 atom stereocenters. The van der Waals surface area contributed by atoms with Gasteiger partial charge in [-0.15, -0.1) is 0 Å². The second-order valence-corrected chi connectivity index (χ2v) is 5.83. The highest BCUT2D eigenvalue weighted by Crippen LogP contribution is 2.28. The lowest BCUT2D eigenvalue weighted by atomic mass is 10.1. The molecule has 2 rings (SSSR count). The third-order valence-corrected chi connectivity index (χ3v) is 3.96. The van der Waals surface area contributed by atoms with Crippen LogP contribution in [0.15, 0.2) is 53.1 Å². The summed E-state index contributed by atoms with van der Waals surface area (Å²) in [6, 6.07) is 10.4. The number of anilines is 1. The summed E-state index contributed by atoms with van der Waals surface area (Å²) in [6.07, 6.45) is 3.02. The van der Waals surface area contributed by atoms with Crippen molar-refractivity contribution in [3.63, 3.8) is 0 Å². The van der Waals surface area contributed by atoms with E-state index in [-0.39, 0.29) is 5.78 Å². The Kier molecular flexibility index (Phi) is 6.07. The zero-order chi connectivity index (χ0) is 16.8. The molecule has 0 aromatic heterocycles. The van der Waals surface area contributed by atoms with E-state index in [4.69, 9.17) is 21.1 Å². The number of halogens is 2. The number of ether oxygens (including phenoxy) is 2. The smallest absolute Gasteiger partial charge is 0.187 e. The van der Waals surface area contributed by atoms with E-state index in [2.05, 4.69) is 21.2 Å². The minimum absolute atomic E-state index is 0.150. The molecular formula is C17H15BrClNO3. The largest absolute Gasteiger partial charge is 0.493 e. The van der Waals surface area contributed by atoms with Crippen LogP contribution in [-0.2, 0) is 0 Å². The van der Waals surface area contributed by atoms with Crippen LogP contribution in [-0.4, -0.2) is 20.0 Å². The number of ketones is 1. The van der Waals surface area contributed by atoms with Crippen molar-refractivity contribution in [2.75, 3.05) is 19.5 Å². The van der Waals surface area contributed by atoms with E-state index >= 15 is 0 Å². The van der Waals surface area contributed by atoms with Gasteiger partial charge in [-0.05, 0) is 52.3 Å². The molecule has 2 aromatic carbocycles. The van der Waals surface area contributed by atoms with Crippen molar-refractivity contribution in [2.24, 2.45) is 0 Å². The first-order chi connectivity index (χ1) is 11.0. The van der Waals surface area contributed by atoms with Crippen LogP contribution >= 0.6 is 27.5 Å². The van der Waals surface area contributed by atoms with Crippen molar-refractivity contribution in [3.05, 3.63) is 63.7 Å². The van der Waals surface area contributed by atoms with E-state index in [9.17, 15) is 4.79 Å². The normalized spacial score (nSPS) is 10.6. The summed E-state index contributed by atoms with van der Waals surface area (Å²) in [4.78, 5) is 12.2. The Hall–Kier alpha value is -1.98. The van der Waals surface area contributed by atoms with E-state index < -0.39 is 0 Å². The molecule has 1 N–H and O–H groups in total. The van der Waals surface area contributed by atoms with E-state index in [1.165, 1.54) is 13.2 Å². The van der Waals surface area contributed by atoms with Crippen molar-refractivity contribution in [2.45, 2.75) is 0 Å². The van der Waals surface area contributed by atoms with E-state index in [0.717, 1.165) is 10.2 Å². The maximum absolute atomic E-state index is 12.2. The Balaban J connectivity index is 2.09. The number of benzene rings is 2. The third kappa shape index (κ3) is 4.50. The molecule has 6 heteroatoms. The van der Waals surface area contributed by atoms with Crippen molar-refractivity contribution in [3.8, 4) is 11.5 Å². The molecule has 0 radical (unpaired) electrons. The van der Waals surface area contributed by atoms with Crippen molar-refractivity contribution >= 4 is 39.0 Å². The minimum atomic E-state index is -0.150. The van der Waals surface area contributed by atoms with Gasteiger partial charge in [-0.3, -0.25) is 4.79 Å². The summed E-state index contributed by atoms with van der Waals surface area (Å²) in [6.45, 7) is 0. The highest BCUT2D eigenvalue weighted by Gasteiger charge is 2.08. The summed E-state index contributed by atoms with van der Waals surface area (Å²) in [5, 5.41) is 3.66. The predicted molar refractivity (Wildman–Crippen MR) is 95.8 cm³/mol. The molecule has 0 amide bonds. The molecule has 23 heavy (non-hydrogen) atoms. The fourth-order valence-corrected chi connectivity index (χ4v) is 2.70. The van der Waals surface area contributed by atoms with Gasteiger partial charge in [0.1, 0.15) is 0 Å². The SMILES string of the molecule is COc1ccc(C(=O)C=CNc2ccc(Cl)cc2Br)cc1OC. The van der Waals surface area contributed by atoms with Crippen LogP contribution in [0.1, 0.15) is 10.4 Å². The highest BCUT2D eigenvalue weighted by molar-refractivity contribution is 9.10. The number of allylic oxidation sites excluding steroid dienone is 1. The number of carbonyl (C=O) groups is 1. The molecule has 0 aliphatic rings. The first-order valence-electron chi connectivity index (χ1n) is 6.69. The molecule has 0 spiro atoms. The van der Waals surface area contributed by atoms with Gasteiger partial charge in [0.25, 0.3) is 0 Å². The Bertz CT molecular complexity index is 747. The first-order valence-corrected chi connectivity index (χ1v) is 7.86. The van der Waals surface area contributed by atoms with Crippen LogP contribution in [0.4, 0.5) is 5.69 Å². The van der Waals surface area contributed by atoms with Crippen LogP contribution in [0.3, 0.4) is 0 Å². The zero-order valence-corrected chi connectivity index (χ0v) is 14.9. The third-order valence-electron chi connectivity index (χ3n) is 3.07. The number of hydrogen-bond acceptors (Lipinski definition) is 4. The van der Waals surface area contributed by atoms with Crippen LogP contribution in [0.5, 0.6) is 11.5 Å². The van der Waals surface area contributed by atoms with E-state index in [1.54, 1.807) is 43.6 Å². The van der Waals surface area contributed by atoms with Gasteiger partial charge >= 0.3 is 0 Å². The summed E-state index contributed by atoms with van der Waals surface area (Å²) in [5.41, 5.74) is 1.32. The summed E-state index contributed by atoms with van der Waals surface area (Å²) in [7, 11) is 3.08. The molecule has 0 unspecified atom stereocenters. The maximum Gasteiger partial charge on any atom is 0.187 e. The van der Waals surface area contributed by atoms with Crippen LogP contribution < -0.4 is 14.8 Å². The van der Waals surface area contributed by atoms with Crippen LogP contribution in [0.25, 0.3) is 0 Å².